The first kappa shape index (κ1) is 83.5. The normalized spacial score (nSPS) is 9.53. The number of hydrogen-bond acceptors (Lipinski definition) is 21. The molecule has 536 valence electrons. The van der Waals surface area contributed by atoms with Crippen LogP contribution in [0.1, 0.15) is 126 Å². The Morgan fingerprint density at radius 3 is 1.42 bits per heavy atom. The van der Waals surface area contributed by atoms with Crippen molar-refractivity contribution in [2.75, 3.05) is 5.73 Å². The fourth-order valence-electron chi connectivity index (χ4n) is 7.19. The third kappa shape index (κ3) is 30.0. The van der Waals surface area contributed by atoms with Crippen molar-refractivity contribution in [3.05, 3.63) is 297 Å². The number of carbonyl (C=O) groups is 10. The average Bonchev–Trinajstić information content (AvgIpc) is 1.69. The van der Waals surface area contributed by atoms with Gasteiger partial charge in [-0.15, -0.1) is 0 Å². The van der Waals surface area contributed by atoms with Crippen LogP contribution >= 0.6 is 11.6 Å². The van der Waals surface area contributed by atoms with Crippen LogP contribution in [0.4, 0.5) is 14.7 Å². The van der Waals surface area contributed by atoms with E-state index in [1.807, 2.05) is 49.4 Å². The van der Waals surface area contributed by atoms with Gasteiger partial charge in [0, 0.05) is 83.8 Å². The molecule has 9 heterocycles. The van der Waals surface area contributed by atoms with E-state index >= 15 is 0 Å². The molecule has 0 radical (unpaired) electrons. The lowest BCUT2D eigenvalue weighted by molar-refractivity contribution is 0.0645. The number of carboxylic acids is 10. The Balaban J connectivity index is 0.000000301. The number of rotatable bonds is 10. The summed E-state index contributed by atoms with van der Waals surface area (Å²) in [5.74, 6) is -12.5. The fraction of sp³-hybridized carbons (Fsp3) is 0.0580. The molecule has 12 rings (SSSR count). The molecule has 35 heteroatoms. The van der Waals surface area contributed by atoms with Crippen LogP contribution in [0.3, 0.4) is 0 Å². The number of halogens is 3. The number of para-hydroxylation sites is 2. The van der Waals surface area contributed by atoms with E-state index < -0.39 is 77.2 Å². The maximum absolute atomic E-state index is 12.4. The molecule has 0 atom stereocenters. The minimum absolute atomic E-state index is 0.0363. The van der Waals surface area contributed by atoms with Gasteiger partial charge in [0.1, 0.15) is 5.56 Å². The molecule has 0 fully saturated rings. The van der Waals surface area contributed by atoms with Gasteiger partial charge < -0.3 is 66.3 Å². The molecular weight excluding hydrogens is 1390 g/mol. The van der Waals surface area contributed by atoms with Gasteiger partial charge in [-0.05, 0) is 112 Å². The molecule has 0 unspecified atom stereocenters. The largest absolute Gasteiger partial charge is 0.478 e. The Kier molecular flexibility index (Phi) is 34.4. The predicted molar refractivity (Wildman–Crippen MR) is 364 cm³/mol. The smallest absolute Gasteiger partial charge is 0.374 e. The van der Waals surface area contributed by atoms with Crippen molar-refractivity contribution in [2.45, 2.75) is 27.7 Å². The third-order valence-electron chi connectivity index (χ3n) is 12.1. The maximum atomic E-state index is 12.4. The van der Waals surface area contributed by atoms with Crippen molar-refractivity contribution in [1.29, 1.82) is 0 Å². The number of aromatic carboxylic acids is 10. The summed E-state index contributed by atoms with van der Waals surface area (Å²) in [5, 5.41) is 89.7. The SMILES string of the molecule is Cc1ccc(C(=O)O)c(C)n1.Cc1cncc(C(=O)O)c1.Cc1ncccc1C(=O)O.Nc1ncc(C(=O)O)cn1.O=C(O)c1c[nH]c2ccccc12.O=C(O)c1ccc(F)nc1F.O=C(O)c1ccccc1.O=C(O)c1ccno1.O=C(O)c1cnc2ccccc2c1.O=C(O)c1cncc(Cl)c1. The van der Waals surface area contributed by atoms with Crippen LogP contribution in [0.2, 0.25) is 5.02 Å². The van der Waals surface area contributed by atoms with Gasteiger partial charge in [-0.1, -0.05) is 71.4 Å². The van der Waals surface area contributed by atoms with Crippen LogP contribution in [0.25, 0.3) is 21.8 Å². The third-order valence-corrected chi connectivity index (χ3v) is 12.3. The van der Waals surface area contributed by atoms with E-state index in [9.17, 15) is 56.7 Å². The Morgan fingerprint density at radius 1 is 0.433 bits per heavy atom. The number of carboxylic acid groups (broad SMARTS) is 10. The minimum Gasteiger partial charge on any atom is -0.478 e. The first-order chi connectivity index (χ1) is 49.2. The number of nitrogens with two attached hydrogens (primary N) is 1. The van der Waals surface area contributed by atoms with E-state index in [4.69, 9.17) is 68.4 Å². The zero-order chi connectivity index (χ0) is 77.6. The number of aromatic nitrogens is 10. The maximum Gasteiger partial charge on any atom is 0.374 e. The van der Waals surface area contributed by atoms with Crippen molar-refractivity contribution < 1.29 is 112 Å². The summed E-state index contributed by atoms with van der Waals surface area (Å²) >= 11 is 5.46. The average molecular weight is 1450 g/mol. The molecule has 0 bridgehead atoms. The topological polar surface area (TPSA) is 544 Å². The van der Waals surface area contributed by atoms with Gasteiger partial charge in [0.2, 0.25) is 23.6 Å². The Morgan fingerprint density at radius 2 is 0.952 bits per heavy atom. The lowest BCUT2D eigenvalue weighted by Crippen LogP contribution is -2.03. The molecular formula is C69H58ClF2N11O21. The van der Waals surface area contributed by atoms with Crippen LogP contribution in [0.15, 0.2) is 206 Å². The van der Waals surface area contributed by atoms with E-state index in [2.05, 4.69) is 54.5 Å². The molecule has 12 aromatic rings. The van der Waals surface area contributed by atoms with E-state index in [-0.39, 0.29) is 45.1 Å². The van der Waals surface area contributed by atoms with E-state index in [1.165, 1.54) is 55.4 Å². The van der Waals surface area contributed by atoms with Crippen LogP contribution < -0.4 is 5.73 Å². The first-order valence-corrected chi connectivity index (χ1v) is 29.1. The highest BCUT2D eigenvalue weighted by Crippen LogP contribution is 2.18. The summed E-state index contributed by atoms with van der Waals surface area (Å²) in [6.45, 7) is 7.00. The number of fused-ring (bicyclic) bond motifs is 2. The quantitative estimate of drug-likeness (QED) is 0.0566. The van der Waals surface area contributed by atoms with Gasteiger partial charge in [0.25, 0.3) is 0 Å². The number of nitrogens with one attached hydrogen (secondary N) is 1. The van der Waals surface area contributed by atoms with Crippen molar-refractivity contribution in [3.8, 4) is 0 Å². The van der Waals surface area contributed by atoms with Gasteiger partial charge in [-0.3, -0.25) is 24.9 Å². The number of aryl methyl sites for hydroxylation is 4. The molecule has 0 saturated heterocycles. The van der Waals surface area contributed by atoms with Crippen LogP contribution in [0.5, 0.6) is 0 Å². The number of nitrogens with zero attached hydrogens (tertiary/aromatic N) is 9. The van der Waals surface area contributed by atoms with Crippen molar-refractivity contribution >= 4 is 99.0 Å². The fourth-order valence-corrected chi connectivity index (χ4v) is 7.36. The summed E-state index contributed by atoms with van der Waals surface area (Å²) in [6.07, 6.45) is 13.6. The van der Waals surface area contributed by atoms with Crippen LogP contribution in [-0.2, 0) is 0 Å². The summed E-state index contributed by atoms with van der Waals surface area (Å²) < 4.78 is 28.7. The molecule has 0 spiro atoms. The Hall–Kier alpha value is -14.7. The molecule has 0 aliphatic carbocycles. The van der Waals surface area contributed by atoms with Crippen LogP contribution in [0, 0.1) is 39.6 Å². The Bertz CT molecular complexity index is 4800. The number of anilines is 1. The van der Waals surface area contributed by atoms with Gasteiger partial charge in [-0.2, -0.15) is 13.8 Å². The second-order valence-corrected chi connectivity index (χ2v) is 20.1. The highest BCUT2D eigenvalue weighted by molar-refractivity contribution is 6.30. The van der Waals surface area contributed by atoms with Crippen molar-refractivity contribution in [3.63, 3.8) is 0 Å². The zero-order valence-corrected chi connectivity index (χ0v) is 55.0. The minimum atomic E-state index is -1.46. The Labute approximate surface area is 589 Å². The number of benzene rings is 3. The number of aromatic amines is 1. The van der Waals surface area contributed by atoms with Gasteiger partial charge in [0.15, 0.2) is 0 Å². The van der Waals surface area contributed by atoms with Crippen molar-refractivity contribution in [2.24, 2.45) is 0 Å². The standard InChI is InChI=1S/C10H7NO2.C9H7NO2.C8H9NO2.2C7H7NO2.C7H6O2.C6H4ClNO2.C6H3F2NO2.C5H5N3O2.C4H3NO3/c12-10(13)8-5-7-3-1-2-4-9(7)11-6-8;11-9(12)7-5-10-8-4-2-1-3-6(7)8;1-5-3-4-7(8(10)11)6(2)9-5;1-5-2-6(7(9)10)4-8-3-5;1-5-6(7(9)10)3-2-4-8-5;8-7(9)6-4-2-1-3-5-6;7-5-1-4(6(9)10)2-8-3-5;7-4-2-1-3(6(10)11)5(8)9-4;6-5-7-1-3(2-8-5)4(9)10;6-4(7)3-1-2-5-8-3/h1-6H,(H,12,13);1-5,10H,(H,11,12);3-4H,1-2H3,(H,10,11);2*2-4H,1H3,(H,9,10);1-5H,(H,8,9);1-3H,(H,9,10);1-2H,(H,10,11);1-2H,(H,9,10)(H2,6,7,8);1-2H,(H,6,7). The highest BCUT2D eigenvalue weighted by Gasteiger charge is 2.13. The first-order valence-electron chi connectivity index (χ1n) is 28.7. The molecule has 0 amide bonds. The number of H-pyrrole nitrogens is 1. The monoisotopic (exact) mass is 1450 g/mol. The number of pyridine rings is 6. The van der Waals surface area contributed by atoms with E-state index in [1.54, 1.807) is 99.9 Å². The summed E-state index contributed by atoms with van der Waals surface area (Å²) in [4.78, 5) is 135. The predicted octanol–water partition coefficient (Wildman–Crippen LogP) is 11.4. The van der Waals surface area contributed by atoms with Gasteiger partial charge in [0.05, 0.1) is 72.6 Å². The molecule has 3 aromatic carbocycles. The highest BCUT2D eigenvalue weighted by atomic mass is 35.5. The lowest BCUT2D eigenvalue weighted by Gasteiger charge is -1.99. The number of nitrogen functional groups attached to an aromatic ring is 1. The van der Waals surface area contributed by atoms with Gasteiger partial charge >= 0.3 is 59.7 Å². The van der Waals surface area contributed by atoms with Crippen LogP contribution in [-0.4, -0.2) is 161 Å². The lowest BCUT2D eigenvalue weighted by atomic mass is 10.2. The molecule has 104 heavy (non-hydrogen) atoms. The molecule has 32 nitrogen and oxygen atoms in total. The summed E-state index contributed by atoms with van der Waals surface area (Å²) in [7, 11) is 0. The molecule has 13 N–H and O–H groups in total. The molecule has 0 aliphatic heterocycles. The molecule has 9 aromatic heterocycles. The van der Waals surface area contributed by atoms with Gasteiger partial charge in [-0.25, -0.2) is 57.9 Å². The number of hydrogen-bond donors (Lipinski definition) is 12. The zero-order valence-electron chi connectivity index (χ0n) is 54.3. The second-order valence-electron chi connectivity index (χ2n) is 19.6. The molecule has 0 aliphatic rings. The van der Waals surface area contributed by atoms with E-state index in [0.29, 0.717) is 27.5 Å². The van der Waals surface area contributed by atoms with E-state index in [0.717, 1.165) is 57.6 Å². The summed E-state index contributed by atoms with van der Waals surface area (Å²) in [6, 6.07) is 36.9. The molecule has 0 saturated carbocycles. The summed E-state index contributed by atoms with van der Waals surface area (Å²) in [5.41, 5.74) is 10.8. The second kappa shape index (κ2) is 42.9. The van der Waals surface area contributed by atoms with Crippen molar-refractivity contribution in [1.82, 2.24) is 50.0 Å².